The number of carbonyl (C=O) groups excluding carboxylic acids is 2. The molecule has 1 N–H and O–H groups in total. The van der Waals surface area contributed by atoms with Gasteiger partial charge in [0.1, 0.15) is 0 Å². The van der Waals surface area contributed by atoms with E-state index in [0.29, 0.717) is 32.6 Å². The summed E-state index contributed by atoms with van der Waals surface area (Å²) in [5.74, 6) is 0.250. The normalized spacial score (nSPS) is 15.0. The molecule has 0 aromatic heterocycles. The van der Waals surface area contributed by atoms with E-state index in [4.69, 9.17) is 0 Å². The molecule has 0 spiro atoms. The van der Waals surface area contributed by atoms with Gasteiger partial charge in [0.25, 0.3) is 5.91 Å². The Balaban J connectivity index is 1.82. The molecule has 0 aliphatic carbocycles. The van der Waals surface area contributed by atoms with Crippen LogP contribution in [0.1, 0.15) is 28.8 Å². The van der Waals surface area contributed by atoms with Gasteiger partial charge in [-0.15, -0.1) is 0 Å². The first-order valence-electron chi connectivity index (χ1n) is 7.90. The molecule has 22 heavy (non-hydrogen) atoms. The summed E-state index contributed by atoms with van der Waals surface area (Å²) in [6.07, 6.45) is 1.44. The summed E-state index contributed by atoms with van der Waals surface area (Å²) in [7, 11) is 1.89. The van der Waals surface area contributed by atoms with Gasteiger partial charge in [-0.3, -0.25) is 9.59 Å². The minimum Gasteiger partial charge on any atom is -0.339 e. The number of hydrogen-bond acceptors (Lipinski definition) is 3. The lowest BCUT2D eigenvalue weighted by molar-refractivity contribution is -0.132. The maximum absolute atomic E-state index is 12.4. The van der Waals surface area contributed by atoms with E-state index in [1.165, 1.54) is 0 Å². The van der Waals surface area contributed by atoms with Gasteiger partial charge >= 0.3 is 0 Å². The summed E-state index contributed by atoms with van der Waals surface area (Å²) in [4.78, 5) is 28.2. The van der Waals surface area contributed by atoms with Crippen molar-refractivity contribution in [1.82, 2.24) is 15.1 Å². The molecule has 0 atom stereocenters. The summed E-state index contributed by atoms with van der Waals surface area (Å²) in [6, 6.07) is 7.64. The lowest BCUT2D eigenvalue weighted by Crippen LogP contribution is -2.50. The average molecular weight is 303 g/mol. The second-order valence-corrected chi connectivity index (χ2v) is 5.75. The first kappa shape index (κ1) is 16.5. The molecule has 1 aromatic rings. The molecule has 5 nitrogen and oxygen atoms in total. The lowest BCUT2D eigenvalue weighted by Gasteiger charge is -2.35. The van der Waals surface area contributed by atoms with Crippen molar-refractivity contribution >= 4 is 11.8 Å². The predicted molar refractivity (Wildman–Crippen MR) is 86.8 cm³/mol. The fourth-order valence-electron chi connectivity index (χ4n) is 2.61. The summed E-state index contributed by atoms with van der Waals surface area (Å²) < 4.78 is 0. The van der Waals surface area contributed by atoms with Crippen molar-refractivity contribution in [2.24, 2.45) is 0 Å². The number of carbonyl (C=O) groups is 2. The van der Waals surface area contributed by atoms with Crippen LogP contribution in [0, 0.1) is 6.92 Å². The van der Waals surface area contributed by atoms with E-state index in [-0.39, 0.29) is 11.8 Å². The van der Waals surface area contributed by atoms with Gasteiger partial charge in [0.15, 0.2) is 0 Å². The van der Waals surface area contributed by atoms with Crippen molar-refractivity contribution in [3.05, 3.63) is 35.4 Å². The molecule has 0 saturated carbocycles. The maximum Gasteiger partial charge on any atom is 0.253 e. The van der Waals surface area contributed by atoms with Crippen molar-refractivity contribution in [3.63, 3.8) is 0 Å². The van der Waals surface area contributed by atoms with Crippen LogP contribution in [-0.2, 0) is 4.79 Å². The van der Waals surface area contributed by atoms with Crippen LogP contribution in [-0.4, -0.2) is 61.4 Å². The van der Waals surface area contributed by atoms with Crippen LogP contribution in [0.25, 0.3) is 0 Å². The zero-order valence-electron chi connectivity index (χ0n) is 13.5. The third-order valence-electron chi connectivity index (χ3n) is 4.04. The number of nitrogens with zero attached hydrogens (tertiary/aromatic N) is 2. The predicted octanol–water partition coefficient (Wildman–Crippen LogP) is 1.28. The standard InChI is InChI=1S/C17H25N3O2/c1-14-5-7-15(8-6-14)17(22)20-12-10-19(11-13-20)16(21)4-3-9-18-2/h5-8,18H,3-4,9-13H2,1-2H3. The molecule has 0 bridgehead atoms. The van der Waals surface area contributed by atoms with Crippen LogP contribution in [0.15, 0.2) is 24.3 Å². The van der Waals surface area contributed by atoms with E-state index < -0.39 is 0 Å². The Labute approximate surface area is 132 Å². The molecule has 2 amide bonds. The highest BCUT2D eigenvalue weighted by molar-refractivity contribution is 5.94. The molecule has 1 aliphatic heterocycles. The van der Waals surface area contributed by atoms with Crippen LogP contribution in [0.4, 0.5) is 0 Å². The molecule has 0 unspecified atom stereocenters. The Hall–Kier alpha value is -1.88. The van der Waals surface area contributed by atoms with Gasteiger partial charge in [-0.05, 0) is 39.1 Å². The van der Waals surface area contributed by atoms with Gasteiger partial charge in [0.05, 0.1) is 0 Å². The van der Waals surface area contributed by atoms with E-state index in [9.17, 15) is 9.59 Å². The SMILES string of the molecule is CNCCCC(=O)N1CCN(C(=O)c2ccc(C)cc2)CC1. The molecular weight excluding hydrogens is 278 g/mol. The molecule has 1 aliphatic rings. The second kappa shape index (κ2) is 7.94. The van der Waals surface area contributed by atoms with Crippen molar-refractivity contribution < 1.29 is 9.59 Å². The fraction of sp³-hybridized carbons (Fsp3) is 0.529. The van der Waals surface area contributed by atoms with Crippen molar-refractivity contribution in [2.75, 3.05) is 39.8 Å². The van der Waals surface area contributed by atoms with Gasteiger partial charge in [0, 0.05) is 38.2 Å². The zero-order valence-corrected chi connectivity index (χ0v) is 13.5. The third-order valence-corrected chi connectivity index (χ3v) is 4.04. The Kier molecular flexibility index (Phi) is 5.95. The van der Waals surface area contributed by atoms with Crippen LogP contribution >= 0.6 is 0 Å². The number of piperazine rings is 1. The van der Waals surface area contributed by atoms with E-state index in [1.54, 1.807) is 0 Å². The van der Waals surface area contributed by atoms with Gasteiger partial charge in [0.2, 0.25) is 5.91 Å². The fourth-order valence-corrected chi connectivity index (χ4v) is 2.61. The molecule has 5 heteroatoms. The molecule has 0 radical (unpaired) electrons. The molecule has 1 heterocycles. The molecule has 120 valence electrons. The topological polar surface area (TPSA) is 52.7 Å². The van der Waals surface area contributed by atoms with Crippen molar-refractivity contribution in [2.45, 2.75) is 19.8 Å². The second-order valence-electron chi connectivity index (χ2n) is 5.75. The molecule has 1 saturated heterocycles. The van der Waals surface area contributed by atoms with Gasteiger partial charge < -0.3 is 15.1 Å². The first-order chi connectivity index (χ1) is 10.6. The van der Waals surface area contributed by atoms with Crippen LogP contribution in [0.3, 0.4) is 0 Å². The highest BCUT2D eigenvalue weighted by Gasteiger charge is 2.24. The summed E-state index contributed by atoms with van der Waals surface area (Å²) in [6.45, 7) is 5.37. The van der Waals surface area contributed by atoms with E-state index >= 15 is 0 Å². The quantitative estimate of drug-likeness (QED) is 0.834. The van der Waals surface area contributed by atoms with Crippen LogP contribution in [0.5, 0.6) is 0 Å². The highest BCUT2D eigenvalue weighted by atomic mass is 16.2. The average Bonchev–Trinajstić information content (AvgIpc) is 2.55. The highest BCUT2D eigenvalue weighted by Crippen LogP contribution is 2.11. The monoisotopic (exact) mass is 303 g/mol. The van der Waals surface area contributed by atoms with E-state index in [0.717, 1.165) is 24.1 Å². The summed E-state index contributed by atoms with van der Waals surface area (Å²) >= 11 is 0. The maximum atomic E-state index is 12.4. The molecule has 2 rings (SSSR count). The first-order valence-corrected chi connectivity index (χ1v) is 7.90. The van der Waals surface area contributed by atoms with Crippen LogP contribution < -0.4 is 5.32 Å². The largest absolute Gasteiger partial charge is 0.339 e. The molecular formula is C17H25N3O2. The third kappa shape index (κ3) is 4.31. The van der Waals surface area contributed by atoms with Gasteiger partial charge in [-0.2, -0.15) is 0 Å². The molecule has 1 aromatic carbocycles. The Morgan fingerprint density at radius 1 is 1.05 bits per heavy atom. The van der Waals surface area contributed by atoms with Crippen LogP contribution in [0.2, 0.25) is 0 Å². The zero-order chi connectivity index (χ0) is 15.9. The Bertz CT molecular complexity index is 505. The summed E-state index contributed by atoms with van der Waals surface area (Å²) in [5.41, 5.74) is 1.87. The lowest BCUT2D eigenvalue weighted by atomic mass is 10.1. The smallest absolute Gasteiger partial charge is 0.253 e. The van der Waals surface area contributed by atoms with Gasteiger partial charge in [-0.1, -0.05) is 17.7 Å². The van der Waals surface area contributed by atoms with E-state index in [1.807, 2.05) is 48.0 Å². The number of aryl methyl sites for hydroxylation is 1. The number of rotatable bonds is 5. The molecule has 1 fully saturated rings. The Morgan fingerprint density at radius 2 is 1.64 bits per heavy atom. The number of benzene rings is 1. The van der Waals surface area contributed by atoms with E-state index in [2.05, 4.69) is 5.32 Å². The number of nitrogens with one attached hydrogen (secondary N) is 1. The summed E-state index contributed by atoms with van der Waals surface area (Å²) in [5, 5.41) is 3.05. The number of hydrogen-bond donors (Lipinski definition) is 1. The minimum atomic E-state index is 0.0577. The van der Waals surface area contributed by atoms with Crippen molar-refractivity contribution in [1.29, 1.82) is 0 Å². The Morgan fingerprint density at radius 3 is 2.23 bits per heavy atom. The van der Waals surface area contributed by atoms with Gasteiger partial charge in [-0.25, -0.2) is 0 Å². The van der Waals surface area contributed by atoms with Crippen molar-refractivity contribution in [3.8, 4) is 0 Å². The number of amides is 2. The minimum absolute atomic E-state index is 0.0577.